The van der Waals surface area contributed by atoms with E-state index in [4.69, 9.17) is 21.6 Å². The van der Waals surface area contributed by atoms with Crippen LogP contribution in [0.4, 0.5) is 4.79 Å². The molecule has 0 bridgehead atoms. The molecule has 1 aliphatic carbocycles. The Bertz CT molecular complexity index is 848. The number of carbonyl (C=O) groups excluding carboxylic acids is 1. The summed E-state index contributed by atoms with van der Waals surface area (Å²) in [7, 11) is -3.65. The van der Waals surface area contributed by atoms with Crippen molar-refractivity contribution in [3.05, 3.63) is 29.3 Å². The molecule has 1 saturated carbocycles. The highest BCUT2D eigenvalue weighted by atomic mass is 35.5. The van der Waals surface area contributed by atoms with Crippen LogP contribution in [0.1, 0.15) is 26.2 Å². The lowest BCUT2D eigenvalue weighted by molar-refractivity contribution is 0.0150. The van der Waals surface area contributed by atoms with Gasteiger partial charge in [-0.05, 0) is 31.5 Å². The second-order valence-corrected chi connectivity index (χ2v) is 9.20. The first-order valence-corrected chi connectivity index (χ1v) is 10.4. The van der Waals surface area contributed by atoms with E-state index >= 15 is 0 Å². The Kier molecular flexibility index (Phi) is 5.15. The average Bonchev–Trinajstić information content (AvgIpc) is 3.25. The predicted octanol–water partition coefficient (Wildman–Crippen LogP) is 2.32. The molecule has 7 nitrogen and oxygen atoms in total. The Morgan fingerprint density at radius 2 is 2.15 bits per heavy atom. The molecule has 3 rings (SSSR count). The van der Waals surface area contributed by atoms with E-state index in [1.807, 2.05) is 6.92 Å². The zero-order valence-electron chi connectivity index (χ0n) is 14.3. The Morgan fingerprint density at radius 3 is 2.73 bits per heavy atom. The molecule has 1 aromatic carbocycles. The third kappa shape index (κ3) is 3.65. The summed E-state index contributed by atoms with van der Waals surface area (Å²) in [5.41, 5.74) is -0.824. The number of rotatable bonds is 5. The van der Waals surface area contributed by atoms with E-state index in [1.165, 1.54) is 6.07 Å². The second-order valence-electron chi connectivity index (χ2n) is 6.60. The van der Waals surface area contributed by atoms with Crippen LogP contribution in [0.15, 0.2) is 29.2 Å². The zero-order chi connectivity index (χ0) is 18.9. The lowest BCUT2D eigenvalue weighted by Crippen LogP contribution is -2.41. The Hall–Kier alpha value is -1.82. The molecule has 0 spiro atoms. The van der Waals surface area contributed by atoms with Crippen molar-refractivity contribution in [1.82, 2.24) is 10.2 Å². The number of benzene rings is 1. The van der Waals surface area contributed by atoms with E-state index in [-0.39, 0.29) is 22.9 Å². The summed E-state index contributed by atoms with van der Waals surface area (Å²) in [6.45, 7) is 2.66. The lowest BCUT2D eigenvalue weighted by atomic mass is 10.3. The van der Waals surface area contributed by atoms with Gasteiger partial charge in [-0.1, -0.05) is 30.7 Å². The molecule has 0 aromatic heterocycles. The number of halogens is 1. The van der Waals surface area contributed by atoms with Gasteiger partial charge in [-0.3, -0.25) is 4.90 Å². The molecular formula is C17H20ClN3O4S. The summed E-state index contributed by atoms with van der Waals surface area (Å²) in [4.78, 5) is 14.0. The molecule has 1 amide bonds. The molecule has 26 heavy (non-hydrogen) atoms. The number of carbonyl (C=O) groups is 1. The van der Waals surface area contributed by atoms with E-state index in [0.717, 1.165) is 0 Å². The predicted molar refractivity (Wildman–Crippen MR) is 95.3 cm³/mol. The highest BCUT2D eigenvalue weighted by molar-refractivity contribution is 7.92. The monoisotopic (exact) mass is 397 g/mol. The molecule has 140 valence electrons. The quantitative estimate of drug-likeness (QED) is 0.818. The van der Waals surface area contributed by atoms with Gasteiger partial charge in [0, 0.05) is 13.0 Å². The normalized spacial score (nSPS) is 24.7. The van der Waals surface area contributed by atoms with Crippen LogP contribution in [0.5, 0.6) is 0 Å². The SMILES string of the molecule is CCN1C[C@H](S(=O)(=O)c2ccccc2Cl)C[C@@H]1OC(=O)NC1(C#N)CC1. The van der Waals surface area contributed by atoms with Crippen molar-refractivity contribution in [2.45, 2.75) is 48.1 Å². The number of nitrogens with zero attached hydrogens (tertiary/aromatic N) is 2. The Labute approximate surface area is 157 Å². The van der Waals surface area contributed by atoms with Crippen LogP contribution in [-0.2, 0) is 14.6 Å². The van der Waals surface area contributed by atoms with Crippen molar-refractivity contribution in [3.8, 4) is 6.07 Å². The summed E-state index contributed by atoms with van der Waals surface area (Å²) in [5, 5.41) is 11.1. The first-order valence-electron chi connectivity index (χ1n) is 8.44. The van der Waals surface area contributed by atoms with Gasteiger partial charge in [-0.25, -0.2) is 13.2 Å². The minimum atomic E-state index is -3.65. The lowest BCUT2D eigenvalue weighted by Gasteiger charge is -2.23. The molecule has 1 N–H and O–H groups in total. The van der Waals surface area contributed by atoms with E-state index in [2.05, 4.69) is 11.4 Å². The van der Waals surface area contributed by atoms with E-state index in [0.29, 0.717) is 19.4 Å². The van der Waals surface area contributed by atoms with E-state index in [1.54, 1.807) is 23.1 Å². The third-order valence-corrected chi connectivity index (χ3v) is 7.48. The van der Waals surface area contributed by atoms with Crippen molar-refractivity contribution in [1.29, 1.82) is 5.26 Å². The fourth-order valence-electron chi connectivity index (χ4n) is 3.10. The number of sulfone groups is 1. The number of hydrogen-bond acceptors (Lipinski definition) is 6. The first kappa shape index (κ1) is 19.0. The molecular weight excluding hydrogens is 378 g/mol. The molecule has 9 heteroatoms. The molecule has 2 fully saturated rings. The molecule has 1 saturated heterocycles. The van der Waals surface area contributed by atoms with Gasteiger partial charge >= 0.3 is 6.09 Å². The summed E-state index contributed by atoms with van der Waals surface area (Å²) < 4.78 is 31.3. The maximum absolute atomic E-state index is 12.9. The number of alkyl carbamates (subject to hydrolysis) is 1. The van der Waals surface area contributed by atoms with Gasteiger partial charge in [0.1, 0.15) is 5.54 Å². The summed E-state index contributed by atoms with van der Waals surface area (Å²) in [6, 6.07) is 8.39. The number of amides is 1. The van der Waals surface area contributed by atoms with Gasteiger partial charge in [0.05, 0.1) is 21.2 Å². The van der Waals surface area contributed by atoms with Crippen molar-refractivity contribution >= 4 is 27.5 Å². The maximum atomic E-state index is 12.9. The van der Waals surface area contributed by atoms with Gasteiger partial charge in [-0.15, -0.1) is 0 Å². The molecule has 0 unspecified atom stereocenters. The molecule has 1 aromatic rings. The van der Waals surface area contributed by atoms with E-state index < -0.39 is 32.9 Å². The molecule has 1 aliphatic heterocycles. The van der Waals surface area contributed by atoms with Crippen LogP contribution in [0.25, 0.3) is 0 Å². The first-order chi connectivity index (χ1) is 12.3. The average molecular weight is 398 g/mol. The van der Waals surface area contributed by atoms with Crippen molar-refractivity contribution in [2.24, 2.45) is 0 Å². The van der Waals surface area contributed by atoms with Gasteiger partial charge in [0.15, 0.2) is 16.1 Å². The van der Waals surface area contributed by atoms with Gasteiger partial charge in [0.25, 0.3) is 0 Å². The zero-order valence-corrected chi connectivity index (χ0v) is 15.9. The Balaban J connectivity index is 1.72. The number of ether oxygens (including phenoxy) is 1. The van der Waals surface area contributed by atoms with Crippen LogP contribution in [0.2, 0.25) is 5.02 Å². The fourth-order valence-corrected chi connectivity index (χ4v) is 5.33. The van der Waals surface area contributed by atoms with Gasteiger partial charge < -0.3 is 10.1 Å². The number of likely N-dealkylation sites (tertiary alicyclic amines) is 1. The minimum Gasteiger partial charge on any atom is -0.430 e. The topological polar surface area (TPSA) is 99.5 Å². The van der Waals surface area contributed by atoms with E-state index in [9.17, 15) is 13.2 Å². The number of nitrogens with one attached hydrogen (secondary N) is 1. The highest BCUT2D eigenvalue weighted by Crippen LogP contribution is 2.35. The van der Waals surface area contributed by atoms with Gasteiger partial charge in [0.2, 0.25) is 0 Å². The molecule has 2 aliphatic rings. The van der Waals surface area contributed by atoms with Crippen molar-refractivity contribution in [3.63, 3.8) is 0 Å². The van der Waals surface area contributed by atoms with Crippen molar-refractivity contribution in [2.75, 3.05) is 13.1 Å². The molecule has 0 radical (unpaired) electrons. The summed E-state index contributed by atoms with van der Waals surface area (Å²) >= 11 is 6.05. The minimum absolute atomic E-state index is 0.0919. The largest absolute Gasteiger partial charge is 0.430 e. The van der Waals surface area contributed by atoms with Crippen LogP contribution in [0.3, 0.4) is 0 Å². The summed E-state index contributed by atoms with van der Waals surface area (Å²) in [5.74, 6) is 0. The van der Waals surface area contributed by atoms with Gasteiger partial charge in [-0.2, -0.15) is 5.26 Å². The Morgan fingerprint density at radius 1 is 1.46 bits per heavy atom. The van der Waals surface area contributed by atoms with Crippen LogP contribution in [-0.4, -0.2) is 49.5 Å². The smallest absolute Gasteiger partial charge is 0.409 e. The van der Waals surface area contributed by atoms with Crippen molar-refractivity contribution < 1.29 is 17.9 Å². The standard InChI is InChI=1S/C17H20ClN3O4S/c1-2-21-10-12(26(23,24)14-6-4-3-5-13(14)18)9-15(21)25-16(22)20-17(11-19)7-8-17/h3-6,12,15H,2,7-10H2,1H3,(H,20,22)/t12-,15+/m1/s1. The second kappa shape index (κ2) is 7.06. The number of hydrogen-bond donors (Lipinski definition) is 1. The third-order valence-electron chi connectivity index (χ3n) is 4.85. The van der Waals surface area contributed by atoms with Crippen LogP contribution >= 0.6 is 11.6 Å². The maximum Gasteiger partial charge on any atom is 0.409 e. The van der Waals surface area contributed by atoms with Crippen LogP contribution in [0, 0.1) is 11.3 Å². The number of nitriles is 1. The summed E-state index contributed by atoms with van der Waals surface area (Å²) in [6.07, 6.45) is 0.0168. The van der Waals surface area contributed by atoms with Crippen LogP contribution < -0.4 is 5.32 Å². The molecule has 2 atom stereocenters. The highest BCUT2D eigenvalue weighted by Gasteiger charge is 2.47. The fraction of sp³-hybridized carbons (Fsp3) is 0.529. The molecule has 1 heterocycles.